The second-order valence-electron chi connectivity index (χ2n) is 4.93. The highest BCUT2D eigenvalue weighted by molar-refractivity contribution is 9.10. The average Bonchev–Trinajstić information content (AvgIpc) is 2.90. The minimum atomic E-state index is -0.928. The Morgan fingerprint density at radius 2 is 1.64 bits per heavy atom. The molecule has 0 amide bonds. The lowest BCUT2D eigenvalue weighted by molar-refractivity contribution is 0.0697. The highest BCUT2D eigenvalue weighted by Gasteiger charge is 2.10. The van der Waals surface area contributed by atoms with Crippen molar-refractivity contribution < 1.29 is 9.90 Å². The first-order chi connectivity index (χ1) is 10.5. The van der Waals surface area contributed by atoms with E-state index in [2.05, 4.69) is 21.0 Å². The minimum Gasteiger partial charge on any atom is -0.478 e. The summed E-state index contributed by atoms with van der Waals surface area (Å²) in [4.78, 5) is 10.9. The van der Waals surface area contributed by atoms with Crippen molar-refractivity contribution in [3.05, 3.63) is 64.6 Å². The molecule has 0 saturated carbocycles. The number of benzene rings is 2. The summed E-state index contributed by atoms with van der Waals surface area (Å²) >= 11 is 3.43. The third kappa shape index (κ3) is 2.80. The van der Waals surface area contributed by atoms with Gasteiger partial charge in [-0.2, -0.15) is 5.10 Å². The van der Waals surface area contributed by atoms with E-state index >= 15 is 0 Å². The van der Waals surface area contributed by atoms with Crippen molar-refractivity contribution in [1.29, 1.82) is 0 Å². The lowest BCUT2D eigenvalue weighted by atomic mass is 10.1. The molecule has 110 valence electrons. The van der Waals surface area contributed by atoms with E-state index in [4.69, 9.17) is 5.11 Å². The number of halogens is 1. The van der Waals surface area contributed by atoms with E-state index in [1.54, 1.807) is 24.3 Å². The lowest BCUT2D eigenvalue weighted by Crippen LogP contribution is -1.95. The number of aromatic carboxylic acids is 1. The number of hydrogen-bond acceptors (Lipinski definition) is 2. The molecule has 5 heteroatoms. The van der Waals surface area contributed by atoms with Crippen LogP contribution < -0.4 is 0 Å². The summed E-state index contributed by atoms with van der Waals surface area (Å²) in [6.45, 7) is 0. The first kappa shape index (κ1) is 14.5. The van der Waals surface area contributed by atoms with Crippen LogP contribution in [0.5, 0.6) is 0 Å². The predicted molar refractivity (Wildman–Crippen MR) is 88.7 cm³/mol. The molecule has 1 aromatic heterocycles. The molecule has 2 aromatic carbocycles. The van der Waals surface area contributed by atoms with Crippen LogP contribution in [0.4, 0.5) is 0 Å². The summed E-state index contributed by atoms with van der Waals surface area (Å²) in [6.07, 6.45) is 0. The summed E-state index contributed by atoms with van der Waals surface area (Å²) in [5, 5.41) is 13.5. The Morgan fingerprint density at radius 3 is 2.23 bits per heavy atom. The molecule has 0 unspecified atom stereocenters. The SMILES string of the molecule is Cn1nc(-c2ccc(C(=O)O)cc2)cc1-c1ccc(Br)cc1. The number of carboxylic acid groups (broad SMARTS) is 1. The van der Waals surface area contributed by atoms with Crippen molar-refractivity contribution in [3.63, 3.8) is 0 Å². The smallest absolute Gasteiger partial charge is 0.335 e. The molecule has 4 nitrogen and oxygen atoms in total. The Kier molecular flexibility index (Phi) is 3.81. The van der Waals surface area contributed by atoms with Gasteiger partial charge < -0.3 is 5.11 Å². The van der Waals surface area contributed by atoms with Crippen molar-refractivity contribution in [2.45, 2.75) is 0 Å². The van der Waals surface area contributed by atoms with Crippen molar-refractivity contribution in [2.24, 2.45) is 7.05 Å². The Labute approximate surface area is 136 Å². The van der Waals surface area contributed by atoms with E-state index < -0.39 is 5.97 Å². The second-order valence-corrected chi connectivity index (χ2v) is 5.84. The van der Waals surface area contributed by atoms with Gasteiger partial charge in [-0.3, -0.25) is 4.68 Å². The summed E-state index contributed by atoms with van der Waals surface area (Å²) in [7, 11) is 1.90. The van der Waals surface area contributed by atoms with Gasteiger partial charge in [-0.1, -0.05) is 40.2 Å². The Morgan fingerprint density at radius 1 is 1.05 bits per heavy atom. The van der Waals surface area contributed by atoms with Crippen LogP contribution >= 0.6 is 15.9 Å². The molecule has 0 bridgehead atoms. The summed E-state index contributed by atoms with van der Waals surface area (Å²) in [6, 6.07) is 16.8. The van der Waals surface area contributed by atoms with Crippen LogP contribution in [0.1, 0.15) is 10.4 Å². The van der Waals surface area contributed by atoms with Gasteiger partial charge in [0.05, 0.1) is 17.0 Å². The van der Waals surface area contributed by atoms with Gasteiger partial charge in [0.25, 0.3) is 0 Å². The number of carboxylic acids is 1. The fourth-order valence-electron chi connectivity index (χ4n) is 2.28. The molecule has 0 saturated heterocycles. The van der Waals surface area contributed by atoms with Crippen LogP contribution in [-0.4, -0.2) is 20.9 Å². The van der Waals surface area contributed by atoms with Gasteiger partial charge in [0.15, 0.2) is 0 Å². The minimum absolute atomic E-state index is 0.271. The molecule has 1 N–H and O–H groups in total. The molecule has 0 aliphatic heterocycles. The first-order valence-electron chi connectivity index (χ1n) is 6.68. The summed E-state index contributed by atoms with van der Waals surface area (Å²) < 4.78 is 2.85. The molecule has 3 rings (SSSR count). The van der Waals surface area contributed by atoms with Crippen LogP contribution in [0, 0.1) is 0 Å². The summed E-state index contributed by atoms with van der Waals surface area (Å²) in [5.41, 5.74) is 4.06. The molecule has 0 aliphatic carbocycles. The van der Waals surface area contributed by atoms with Crippen LogP contribution in [0.15, 0.2) is 59.1 Å². The number of aromatic nitrogens is 2. The van der Waals surface area contributed by atoms with Gasteiger partial charge in [-0.25, -0.2) is 4.79 Å². The number of nitrogens with zero attached hydrogens (tertiary/aromatic N) is 2. The van der Waals surface area contributed by atoms with Gasteiger partial charge in [0.1, 0.15) is 0 Å². The van der Waals surface area contributed by atoms with E-state index in [1.165, 1.54) is 0 Å². The van der Waals surface area contributed by atoms with Crippen LogP contribution in [0.25, 0.3) is 22.5 Å². The van der Waals surface area contributed by atoms with E-state index in [-0.39, 0.29) is 5.56 Å². The third-order valence-electron chi connectivity index (χ3n) is 3.45. The van der Waals surface area contributed by atoms with Crippen LogP contribution in [0.3, 0.4) is 0 Å². The number of rotatable bonds is 3. The topological polar surface area (TPSA) is 55.1 Å². The maximum Gasteiger partial charge on any atom is 0.335 e. The number of aryl methyl sites for hydroxylation is 1. The van der Waals surface area contributed by atoms with E-state index in [9.17, 15) is 4.79 Å². The highest BCUT2D eigenvalue weighted by atomic mass is 79.9. The molecule has 1 heterocycles. The van der Waals surface area contributed by atoms with Crippen molar-refractivity contribution in [3.8, 4) is 22.5 Å². The zero-order valence-electron chi connectivity index (χ0n) is 11.8. The fraction of sp³-hybridized carbons (Fsp3) is 0.0588. The molecule has 0 radical (unpaired) electrons. The number of carbonyl (C=O) groups is 1. The van der Waals surface area contributed by atoms with Crippen molar-refractivity contribution in [2.75, 3.05) is 0 Å². The molecular formula is C17H13BrN2O2. The first-order valence-corrected chi connectivity index (χ1v) is 7.47. The molecule has 0 spiro atoms. The maximum atomic E-state index is 10.9. The van der Waals surface area contributed by atoms with Crippen molar-refractivity contribution >= 4 is 21.9 Å². The normalized spacial score (nSPS) is 10.6. The van der Waals surface area contributed by atoms with E-state index in [1.807, 2.05) is 42.1 Å². The third-order valence-corrected chi connectivity index (χ3v) is 3.98. The average molecular weight is 357 g/mol. The van der Waals surface area contributed by atoms with Gasteiger partial charge in [-0.05, 0) is 35.9 Å². The molecular weight excluding hydrogens is 344 g/mol. The van der Waals surface area contributed by atoms with Gasteiger partial charge in [0, 0.05) is 17.1 Å². The fourth-order valence-corrected chi connectivity index (χ4v) is 2.55. The predicted octanol–water partition coefficient (Wildman–Crippen LogP) is 4.21. The van der Waals surface area contributed by atoms with E-state index in [0.717, 1.165) is 27.0 Å². The second kappa shape index (κ2) is 5.77. The molecule has 0 atom stereocenters. The van der Waals surface area contributed by atoms with Crippen molar-refractivity contribution in [1.82, 2.24) is 9.78 Å². The zero-order chi connectivity index (χ0) is 15.7. The Balaban J connectivity index is 1.98. The Bertz CT molecular complexity index is 821. The van der Waals surface area contributed by atoms with Gasteiger partial charge >= 0.3 is 5.97 Å². The van der Waals surface area contributed by atoms with Crippen LogP contribution in [0.2, 0.25) is 0 Å². The molecule has 0 fully saturated rings. The Hall–Kier alpha value is -2.40. The molecule has 22 heavy (non-hydrogen) atoms. The highest BCUT2D eigenvalue weighted by Crippen LogP contribution is 2.26. The molecule has 3 aromatic rings. The number of hydrogen-bond donors (Lipinski definition) is 1. The quantitative estimate of drug-likeness (QED) is 0.764. The maximum absolute atomic E-state index is 10.9. The van der Waals surface area contributed by atoms with Crippen LogP contribution in [-0.2, 0) is 7.05 Å². The molecule has 0 aliphatic rings. The van der Waals surface area contributed by atoms with E-state index in [0.29, 0.717) is 0 Å². The van der Waals surface area contributed by atoms with Gasteiger partial charge in [-0.15, -0.1) is 0 Å². The monoisotopic (exact) mass is 356 g/mol. The van der Waals surface area contributed by atoms with Gasteiger partial charge in [0.2, 0.25) is 0 Å². The zero-order valence-corrected chi connectivity index (χ0v) is 13.4. The summed E-state index contributed by atoms with van der Waals surface area (Å²) in [5.74, 6) is -0.928. The largest absolute Gasteiger partial charge is 0.478 e. The lowest BCUT2D eigenvalue weighted by Gasteiger charge is -2.01. The standard InChI is InChI=1S/C17H13BrN2O2/c1-20-16(12-6-8-14(18)9-7-12)10-15(19-20)11-2-4-13(5-3-11)17(21)22/h2-10H,1H3,(H,21,22).